The van der Waals surface area contributed by atoms with Gasteiger partial charge in [-0.3, -0.25) is 18.3 Å². The standard InChI is InChI=1S/C26H44N4O5/c1-7-27-17-21(31)29(23(27)33)19-25(3,4)13-9-11-15-35-16-12-10-14-26(5,6)20-30-22(32)18-28(8-2)24(30)34/h7,17-18,31-32H,1,8-16,19-20H2,2-6H3. The van der Waals surface area contributed by atoms with Crippen molar-refractivity contribution < 1.29 is 14.9 Å². The van der Waals surface area contributed by atoms with Crippen molar-refractivity contribution >= 4 is 6.20 Å². The van der Waals surface area contributed by atoms with Gasteiger partial charge >= 0.3 is 11.4 Å². The molecule has 9 nitrogen and oxygen atoms in total. The van der Waals surface area contributed by atoms with Crippen LogP contribution in [0, 0.1) is 10.8 Å². The molecule has 0 saturated heterocycles. The summed E-state index contributed by atoms with van der Waals surface area (Å²) in [6.07, 6.45) is 9.99. The van der Waals surface area contributed by atoms with Crippen molar-refractivity contribution in [2.24, 2.45) is 10.8 Å². The number of unbranched alkanes of at least 4 members (excludes halogenated alkanes) is 2. The van der Waals surface area contributed by atoms with Gasteiger partial charge in [-0.1, -0.05) is 47.1 Å². The Morgan fingerprint density at radius 2 is 1.34 bits per heavy atom. The summed E-state index contributed by atoms with van der Waals surface area (Å²) in [4.78, 5) is 24.6. The average Bonchev–Trinajstić information content (AvgIpc) is 3.21. The molecule has 0 fully saturated rings. The summed E-state index contributed by atoms with van der Waals surface area (Å²) in [5.74, 6) is -0.0202. The Labute approximate surface area is 208 Å². The lowest BCUT2D eigenvalue weighted by Gasteiger charge is -2.25. The minimum Gasteiger partial charge on any atom is -0.493 e. The van der Waals surface area contributed by atoms with Crippen LogP contribution in [-0.4, -0.2) is 41.7 Å². The van der Waals surface area contributed by atoms with E-state index in [1.54, 1.807) is 0 Å². The Hall–Kier alpha value is -2.68. The number of aromatic nitrogens is 4. The Bertz CT molecular complexity index is 1070. The second-order valence-electron chi connectivity index (χ2n) is 10.9. The number of ether oxygens (including phenoxy) is 1. The summed E-state index contributed by atoms with van der Waals surface area (Å²) in [6, 6.07) is 0. The number of imidazole rings is 2. The first-order valence-electron chi connectivity index (χ1n) is 12.6. The van der Waals surface area contributed by atoms with E-state index in [1.165, 1.54) is 36.9 Å². The molecule has 0 saturated carbocycles. The molecule has 0 radical (unpaired) electrons. The molecule has 0 unspecified atom stereocenters. The van der Waals surface area contributed by atoms with Crippen molar-refractivity contribution in [3.05, 3.63) is 39.9 Å². The molecule has 0 spiro atoms. The zero-order valence-electron chi connectivity index (χ0n) is 22.1. The van der Waals surface area contributed by atoms with Crippen molar-refractivity contribution in [3.63, 3.8) is 0 Å². The molecule has 0 aromatic carbocycles. The Balaban J connectivity index is 1.62. The molecular weight excluding hydrogens is 448 g/mol. The lowest BCUT2D eigenvalue weighted by molar-refractivity contribution is 0.118. The predicted octanol–water partition coefficient (Wildman–Crippen LogP) is 4.25. The van der Waals surface area contributed by atoms with Crippen molar-refractivity contribution in [2.75, 3.05) is 13.2 Å². The molecule has 198 valence electrons. The van der Waals surface area contributed by atoms with Crippen LogP contribution in [0.1, 0.15) is 73.1 Å². The van der Waals surface area contributed by atoms with Crippen molar-refractivity contribution in [1.82, 2.24) is 18.3 Å². The van der Waals surface area contributed by atoms with E-state index in [2.05, 4.69) is 34.3 Å². The second-order valence-corrected chi connectivity index (χ2v) is 10.9. The van der Waals surface area contributed by atoms with Gasteiger partial charge < -0.3 is 14.9 Å². The third-order valence-electron chi connectivity index (χ3n) is 6.50. The van der Waals surface area contributed by atoms with Crippen LogP contribution in [0.2, 0.25) is 0 Å². The van der Waals surface area contributed by atoms with E-state index < -0.39 is 0 Å². The van der Waals surface area contributed by atoms with E-state index in [-0.39, 0.29) is 34.0 Å². The van der Waals surface area contributed by atoms with Crippen LogP contribution >= 0.6 is 0 Å². The summed E-state index contributed by atoms with van der Waals surface area (Å²) < 4.78 is 11.4. The molecule has 2 heterocycles. The summed E-state index contributed by atoms with van der Waals surface area (Å²) in [6.45, 7) is 16.8. The SMILES string of the molecule is C=Cn1cc(O)n(CC(C)(C)CCCCOCCCCC(C)(C)Cn2c(O)cn(CC)c2=O)c1=O. The van der Waals surface area contributed by atoms with Gasteiger partial charge in [-0.25, -0.2) is 9.59 Å². The molecule has 2 rings (SSSR count). The highest BCUT2D eigenvalue weighted by Crippen LogP contribution is 2.28. The summed E-state index contributed by atoms with van der Waals surface area (Å²) >= 11 is 0. The van der Waals surface area contributed by atoms with Crippen LogP contribution in [0.25, 0.3) is 6.20 Å². The molecule has 0 amide bonds. The van der Waals surface area contributed by atoms with E-state index in [1.807, 2.05) is 6.92 Å². The number of hydrogen-bond acceptors (Lipinski definition) is 5. The van der Waals surface area contributed by atoms with E-state index in [0.29, 0.717) is 32.8 Å². The summed E-state index contributed by atoms with van der Waals surface area (Å²) in [7, 11) is 0. The number of aromatic hydroxyl groups is 2. The first-order chi connectivity index (χ1) is 16.4. The number of nitrogens with zero attached hydrogens (tertiary/aromatic N) is 4. The lowest BCUT2D eigenvalue weighted by Crippen LogP contribution is -2.29. The molecule has 0 aliphatic carbocycles. The normalized spacial score (nSPS) is 12.4. The molecule has 2 N–H and O–H groups in total. The fraction of sp³-hybridized carbons (Fsp3) is 0.692. The van der Waals surface area contributed by atoms with E-state index >= 15 is 0 Å². The Kier molecular flexibility index (Phi) is 10.1. The van der Waals surface area contributed by atoms with Gasteiger partial charge in [-0.05, 0) is 43.4 Å². The summed E-state index contributed by atoms with van der Waals surface area (Å²) in [5.41, 5.74) is -0.672. The van der Waals surface area contributed by atoms with Gasteiger partial charge in [0.15, 0.2) is 0 Å². The molecule has 0 aliphatic rings. The Morgan fingerprint density at radius 1 is 0.857 bits per heavy atom. The van der Waals surface area contributed by atoms with Gasteiger partial charge in [-0.2, -0.15) is 0 Å². The average molecular weight is 493 g/mol. The predicted molar refractivity (Wildman–Crippen MR) is 139 cm³/mol. The number of aryl methyl sites for hydroxylation is 1. The van der Waals surface area contributed by atoms with Crippen LogP contribution in [0.5, 0.6) is 11.8 Å². The maximum Gasteiger partial charge on any atom is 0.335 e. The molecule has 0 bridgehead atoms. The molecule has 0 aliphatic heterocycles. The smallest absolute Gasteiger partial charge is 0.335 e. The van der Waals surface area contributed by atoms with Gasteiger partial charge in [-0.15, -0.1) is 0 Å². The molecule has 2 aromatic heterocycles. The first-order valence-corrected chi connectivity index (χ1v) is 12.6. The molecule has 35 heavy (non-hydrogen) atoms. The van der Waals surface area contributed by atoms with Crippen LogP contribution in [0.15, 0.2) is 28.6 Å². The first kappa shape index (κ1) is 28.6. The second kappa shape index (κ2) is 12.3. The fourth-order valence-electron chi connectivity index (χ4n) is 4.39. The largest absolute Gasteiger partial charge is 0.493 e. The number of hydrogen-bond donors (Lipinski definition) is 2. The third-order valence-corrected chi connectivity index (χ3v) is 6.50. The van der Waals surface area contributed by atoms with Crippen LogP contribution in [-0.2, 0) is 24.4 Å². The van der Waals surface area contributed by atoms with Gasteiger partial charge in [0.05, 0.1) is 12.4 Å². The molecule has 9 heteroatoms. The highest BCUT2D eigenvalue weighted by molar-refractivity contribution is 5.21. The van der Waals surface area contributed by atoms with Crippen molar-refractivity contribution in [3.8, 4) is 11.8 Å². The van der Waals surface area contributed by atoms with Crippen molar-refractivity contribution in [1.29, 1.82) is 0 Å². The number of rotatable bonds is 16. The molecular formula is C26H44N4O5. The topological polar surface area (TPSA) is 104 Å². The van der Waals surface area contributed by atoms with Crippen LogP contribution < -0.4 is 11.4 Å². The van der Waals surface area contributed by atoms with Gasteiger partial charge in [0.25, 0.3) is 0 Å². The van der Waals surface area contributed by atoms with Crippen LogP contribution in [0.3, 0.4) is 0 Å². The Morgan fingerprint density at radius 3 is 1.77 bits per heavy atom. The highest BCUT2D eigenvalue weighted by atomic mass is 16.5. The third kappa shape index (κ3) is 8.19. The zero-order valence-corrected chi connectivity index (χ0v) is 22.1. The van der Waals surface area contributed by atoms with E-state index in [4.69, 9.17) is 4.74 Å². The van der Waals surface area contributed by atoms with Gasteiger partial charge in [0.1, 0.15) is 0 Å². The monoisotopic (exact) mass is 492 g/mol. The van der Waals surface area contributed by atoms with Gasteiger partial charge in [0, 0.05) is 39.0 Å². The molecule has 2 aromatic rings. The minimum absolute atomic E-state index is 0.0236. The maximum absolute atomic E-state index is 12.3. The molecule has 0 atom stereocenters. The van der Waals surface area contributed by atoms with Crippen molar-refractivity contribution in [2.45, 2.75) is 92.8 Å². The maximum atomic E-state index is 12.3. The van der Waals surface area contributed by atoms with Gasteiger partial charge in [0.2, 0.25) is 11.8 Å². The lowest BCUT2D eigenvalue weighted by atomic mass is 9.87. The van der Waals surface area contributed by atoms with E-state index in [0.717, 1.165) is 38.5 Å². The van der Waals surface area contributed by atoms with E-state index in [9.17, 15) is 19.8 Å². The zero-order chi connectivity index (χ0) is 26.2. The minimum atomic E-state index is -0.277. The highest BCUT2D eigenvalue weighted by Gasteiger charge is 2.23. The quantitative estimate of drug-likeness (QED) is 0.341. The fourth-order valence-corrected chi connectivity index (χ4v) is 4.39. The summed E-state index contributed by atoms with van der Waals surface area (Å²) in [5, 5.41) is 20.1. The van der Waals surface area contributed by atoms with Crippen LogP contribution in [0.4, 0.5) is 0 Å².